The predicted octanol–water partition coefficient (Wildman–Crippen LogP) is 2.85. The lowest BCUT2D eigenvalue weighted by Crippen LogP contribution is -2.34. The van der Waals surface area contributed by atoms with E-state index in [-0.39, 0.29) is 11.2 Å². The number of aromatic nitrogens is 1. The van der Waals surface area contributed by atoms with Gasteiger partial charge in [-0.15, -0.1) is 0 Å². The average Bonchev–Trinajstić information content (AvgIpc) is 3.18. The Bertz CT molecular complexity index is 644. The number of hydrogen-bond acceptors (Lipinski definition) is 4. The molecule has 4 nitrogen and oxygen atoms in total. The number of thioether (sulfide) groups is 1. The number of fused-ring (bicyclic) bond motifs is 1. The summed E-state index contributed by atoms with van der Waals surface area (Å²) in [6.07, 6.45) is 5.33. The molecule has 1 unspecified atom stereocenters. The fourth-order valence-corrected chi connectivity index (χ4v) is 4.44. The summed E-state index contributed by atoms with van der Waals surface area (Å²) in [4.78, 5) is 19.1. The number of nitrogens with zero attached hydrogens (tertiary/aromatic N) is 3. The van der Waals surface area contributed by atoms with E-state index >= 15 is 0 Å². The van der Waals surface area contributed by atoms with Gasteiger partial charge in [-0.05, 0) is 57.1 Å². The zero-order valence-electron chi connectivity index (χ0n) is 13.2. The van der Waals surface area contributed by atoms with E-state index in [0.717, 1.165) is 61.5 Å². The van der Waals surface area contributed by atoms with Gasteiger partial charge in [-0.3, -0.25) is 4.79 Å². The Hall–Kier alpha value is -1.54. The van der Waals surface area contributed by atoms with Crippen molar-refractivity contribution in [3.05, 3.63) is 22.4 Å². The molecule has 0 spiro atoms. The standard InChI is InChI=1S/C17H21N3OS/c1-11-13-6-5-7-15(13)19-16(14(11)10-18)22-12(2)17(21)20-8-3-4-9-20/h12H,3-9H2,1-2H3. The highest BCUT2D eigenvalue weighted by atomic mass is 32.2. The van der Waals surface area contributed by atoms with Crippen molar-refractivity contribution >= 4 is 17.7 Å². The minimum Gasteiger partial charge on any atom is -0.342 e. The summed E-state index contributed by atoms with van der Waals surface area (Å²) >= 11 is 1.45. The summed E-state index contributed by atoms with van der Waals surface area (Å²) in [5, 5.41) is 10.0. The summed E-state index contributed by atoms with van der Waals surface area (Å²) in [5.74, 6) is 0.173. The van der Waals surface area contributed by atoms with Crippen LogP contribution in [0.4, 0.5) is 0 Å². The van der Waals surface area contributed by atoms with E-state index in [1.807, 2.05) is 18.7 Å². The molecule has 0 N–H and O–H groups in total. The summed E-state index contributed by atoms with van der Waals surface area (Å²) < 4.78 is 0. The van der Waals surface area contributed by atoms with Crippen LogP contribution in [0.3, 0.4) is 0 Å². The SMILES string of the molecule is Cc1c(C#N)c(SC(C)C(=O)N2CCCC2)nc2c1CCC2. The van der Waals surface area contributed by atoms with Crippen molar-refractivity contribution < 1.29 is 4.79 Å². The van der Waals surface area contributed by atoms with Crippen LogP contribution < -0.4 is 0 Å². The van der Waals surface area contributed by atoms with Crippen LogP contribution in [0.15, 0.2) is 5.03 Å². The molecule has 3 rings (SSSR count). The number of likely N-dealkylation sites (tertiary alicyclic amines) is 1. The van der Waals surface area contributed by atoms with Gasteiger partial charge in [0.1, 0.15) is 11.1 Å². The Labute approximate surface area is 135 Å². The minimum atomic E-state index is -0.184. The maximum Gasteiger partial charge on any atom is 0.235 e. The van der Waals surface area contributed by atoms with E-state index in [2.05, 4.69) is 6.07 Å². The molecule has 0 radical (unpaired) electrons. The largest absolute Gasteiger partial charge is 0.342 e. The van der Waals surface area contributed by atoms with Crippen molar-refractivity contribution in [1.29, 1.82) is 5.26 Å². The first-order valence-electron chi connectivity index (χ1n) is 7.99. The smallest absolute Gasteiger partial charge is 0.235 e. The van der Waals surface area contributed by atoms with Gasteiger partial charge in [0, 0.05) is 18.8 Å². The molecule has 2 heterocycles. The van der Waals surface area contributed by atoms with Gasteiger partial charge in [-0.1, -0.05) is 11.8 Å². The third-order valence-corrected chi connectivity index (χ3v) is 5.71. The van der Waals surface area contributed by atoms with Gasteiger partial charge >= 0.3 is 0 Å². The number of aryl methyl sites for hydroxylation is 1. The lowest BCUT2D eigenvalue weighted by atomic mass is 10.0. The number of rotatable bonds is 3. The Morgan fingerprint density at radius 1 is 1.32 bits per heavy atom. The number of carbonyl (C=O) groups is 1. The second-order valence-electron chi connectivity index (χ2n) is 6.10. The fourth-order valence-electron chi connectivity index (χ4n) is 3.37. The number of pyridine rings is 1. The van der Waals surface area contributed by atoms with Crippen LogP contribution in [-0.2, 0) is 17.6 Å². The molecule has 2 aliphatic rings. The second-order valence-corrected chi connectivity index (χ2v) is 7.43. The number of amides is 1. The molecule has 1 atom stereocenters. The van der Waals surface area contributed by atoms with Gasteiger partial charge in [-0.25, -0.2) is 4.98 Å². The molecule has 22 heavy (non-hydrogen) atoms. The van der Waals surface area contributed by atoms with Gasteiger partial charge < -0.3 is 4.90 Å². The highest BCUT2D eigenvalue weighted by Gasteiger charge is 2.27. The van der Waals surface area contributed by atoms with Crippen molar-refractivity contribution in [2.75, 3.05) is 13.1 Å². The van der Waals surface area contributed by atoms with E-state index in [1.165, 1.54) is 17.3 Å². The number of nitriles is 1. The molecular formula is C17H21N3OS. The predicted molar refractivity (Wildman–Crippen MR) is 86.8 cm³/mol. The maximum absolute atomic E-state index is 12.5. The molecule has 1 aromatic heterocycles. The Kier molecular flexibility index (Phi) is 4.39. The lowest BCUT2D eigenvalue weighted by Gasteiger charge is -2.20. The fraction of sp³-hybridized carbons (Fsp3) is 0.588. The Morgan fingerprint density at radius 3 is 2.73 bits per heavy atom. The Morgan fingerprint density at radius 2 is 2.05 bits per heavy atom. The van der Waals surface area contributed by atoms with Crippen LogP contribution in [0.25, 0.3) is 0 Å². The van der Waals surface area contributed by atoms with Crippen molar-refractivity contribution in [2.45, 2.75) is 56.2 Å². The van der Waals surface area contributed by atoms with Crippen LogP contribution >= 0.6 is 11.8 Å². The first-order chi connectivity index (χ1) is 10.6. The molecule has 1 aliphatic heterocycles. The highest BCUT2D eigenvalue weighted by molar-refractivity contribution is 8.00. The topological polar surface area (TPSA) is 57.0 Å². The number of carbonyl (C=O) groups excluding carboxylic acids is 1. The zero-order valence-corrected chi connectivity index (χ0v) is 14.0. The quantitative estimate of drug-likeness (QED) is 0.805. The zero-order chi connectivity index (χ0) is 15.7. The molecule has 0 saturated carbocycles. The van der Waals surface area contributed by atoms with E-state index in [9.17, 15) is 10.1 Å². The van der Waals surface area contributed by atoms with E-state index in [0.29, 0.717) is 5.56 Å². The van der Waals surface area contributed by atoms with Crippen LogP contribution in [0.1, 0.15) is 48.6 Å². The average molecular weight is 315 g/mol. The van der Waals surface area contributed by atoms with Crippen molar-refractivity contribution in [1.82, 2.24) is 9.88 Å². The molecule has 1 fully saturated rings. The van der Waals surface area contributed by atoms with Crippen molar-refractivity contribution in [2.24, 2.45) is 0 Å². The third-order valence-electron chi connectivity index (χ3n) is 4.63. The summed E-state index contributed by atoms with van der Waals surface area (Å²) in [6.45, 7) is 5.68. The number of hydrogen-bond donors (Lipinski definition) is 0. The van der Waals surface area contributed by atoms with E-state index in [4.69, 9.17) is 4.98 Å². The van der Waals surface area contributed by atoms with Crippen molar-refractivity contribution in [3.8, 4) is 6.07 Å². The summed E-state index contributed by atoms with van der Waals surface area (Å²) in [7, 11) is 0. The first-order valence-corrected chi connectivity index (χ1v) is 8.87. The molecule has 0 bridgehead atoms. The van der Waals surface area contributed by atoms with Gasteiger partial charge in [0.15, 0.2) is 0 Å². The van der Waals surface area contributed by atoms with E-state index < -0.39 is 0 Å². The molecule has 1 saturated heterocycles. The molecule has 0 aromatic carbocycles. The van der Waals surface area contributed by atoms with E-state index in [1.54, 1.807) is 0 Å². The van der Waals surface area contributed by atoms with Crippen molar-refractivity contribution in [3.63, 3.8) is 0 Å². The van der Waals surface area contributed by atoms with Crippen LogP contribution in [0.2, 0.25) is 0 Å². The van der Waals surface area contributed by atoms with Gasteiger partial charge in [0.25, 0.3) is 0 Å². The Balaban J connectivity index is 1.84. The van der Waals surface area contributed by atoms with Gasteiger partial charge in [0.2, 0.25) is 5.91 Å². The molecule has 1 aromatic rings. The maximum atomic E-state index is 12.5. The lowest BCUT2D eigenvalue weighted by molar-refractivity contribution is -0.129. The molecule has 5 heteroatoms. The van der Waals surface area contributed by atoms with Crippen LogP contribution in [-0.4, -0.2) is 34.1 Å². The van der Waals surface area contributed by atoms with Crippen LogP contribution in [0, 0.1) is 18.3 Å². The highest BCUT2D eigenvalue weighted by Crippen LogP contribution is 2.34. The van der Waals surface area contributed by atoms with Crippen LogP contribution in [0.5, 0.6) is 0 Å². The third kappa shape index (κ3) is 2.72. The summed E-state index contributed by atoms with van der Waals surface area (Å²) in [6, 6.07) is 2.30. The summed E-state index contributed by atoms with van der Waals surface area (Å²) in [5.41, 5.74) is 4.10. The molecule has 1 aliphatic carbocycles. The molecule has 116 valence electrons. The monoisotopic (exact) mass is 315 g/mol. The first kappa shape index (κ1) is 15.4. The normalized spacial score (nSPS) is 18.1. The molecule has 1 amide bonds. The van der Waals surface area contributed by atoms with Gasteiger partial charge in [-0.2, -0.15) is 5.26 Å². The van der Waals surface area contributed by atoms with Gasteiger partial charge in [0.05, 0.1) is 10.8 Å². The minimum absolute atomic E-state index is 0.173. The second kappa shape index (κ2) is 6.29. The molecular weight excluding hydrogens is 294 g/mol.